The van der Waals surface area contributed by atoms with Crippen LogP contribution in [0.15, 0.2) is 0 Å². The summed E-state index contributed by atoms with van der Waals surface area (Å²) in [5.74, 6) is 0.710. The third-order valence-electron chi connectivity index (χ3n) is 3.59. The van der Waals surface area contributed by atoms with Gasteiger partial charge in [-0.15, -0.1) is 0 Å². The first-order chi connectivity index (χ1) is 6.00. The zero-order valence-electron chi connectivity index (χ0n) is 8.75. The minimum Gasteiger partial charge on any atom is -0.388 e. The zero-order chi connectivity index (χ0) is 10.1. The molecule has 1 saturated carbocycles. The Morgan fingerprint density at radius 1 is 1.54 bits per heavy atom. The molecule has 2 nitrogen and oxygen atoms in total. The summed E-state index contributed by atoms with van der Waals surface area (Å²) >= 11 is 0. The number of rotatable bonds is 1. The Labute approximate surface area is 80.6 Å². The van der Waals surface area contributed by atoms with Crippen molar-refractivity contribution in [1.82, 2.24) is 0 Å². The van der Waals surface area contributed by atoms with E-state index in [2.05, 4.69) is 19.9 Å². The molecule has 4 unspecified atom stereocenters. The molecule has 0 saturated heterocycles. The van der Waals surface area contributed by atoms with Gasteiger partial charge in [0.1, 0.15) is 0 Å². The standard InChI is InChI=1S/C11H19NO/c1-8-4-5-11(13,9(2)6-8)10(3)7-12/h8-10,13H,4-6H2,1-3H3. The van der Waals surface area contributed by atoms with Crippen molar-refractivity contribution in [2.75, 3.05) is 0 Å². The first kappa shape index (κ1) is 10.5. The molecule has 0 spiro atoms. The molecule has 0 bridgehead atoms. The summed E-state index contributed by atoms with van der Waals surface area (Å²) in [5, 5.41) is 19.1. The Bertz CT molecular complexity index is 221. The van der Waals surface area contributed by atoms with Crippen LogP contribution in [0.5, 0.6) is 0 Å². The second-order valence-corrected chi connectivity index (χ2v) is 4.62. The van der Waals surface area contributed by atoms with Crippen molar-refractivity contribution in [3.8, 4) is 6.07 Å². The summed E-state index contributed by atoms with van der Waals surface area (Å²) in [6, 6.07) is 2.17. The molecule has 0 aromatic rings. The van der Waals surface area contributed by atoms with E-state index in [-0.39, 0.29) is 11.8 Å². The molecule has 1 aliphatic carbocycles. The Morgan fingerprint density at radius 3 is 2.62 bits per heavy atom. The second kappa shape index (κ2) is 3.67. The average molecular weight is 181 g/mol. The average Bonchev–Trinajstić information content (AvgIpc) is 2.11. The van der Waals surface area contributed by atoms with E-state index in [0.717, 1.165) is 19.3 Å². The van der Waals surface area contributed by atoms with Crippen LogP contribution in [0, 0.1) is 29.1 Å². The molecule has 0 aliphatic heterocycles. The minimum atomic E-state index is -0.735. The van der Waals surface area contributed by atoms with Gasteiger partial charge < -0.3 is 5.11 Å². The third kappa shape index (κ3) is 1.86. The molecule has 1 fully saturated rings. The lowest BCUT2D eigenvalue weighted by Gasteiger charge is -2.42. The van der Waals surface area contributed by atoms with Crippen LogP contribution in [0.2, 0.25) is 0 Å². The Kier molecular flexibility index (Phi) is 2.98. The van der Waals surface area contributed by atoms with Gasteiger partial charge in [0.15, 0.2) is 0 Å². The lowest BCUT2D eigenvalue weighted by molar-refractivity contribution is -0.0777. The van der Waals surface area contributed by atoms with E-state index < -0.39 is 5.60 Å². The SMILES string of the molecule is CC1CCC(O)(C(C)C#N)C(C)C1. The highest BCUT2D eigenvalue weighted by atomic mass is 16.3. The molecule has 1 rings (SSSR count). The summed E-state index contributed by atoms with van der Waals surface area (Å²) in [6.07, 6.45) is 2.87. The molecule has 2 heteroatoms. The first-order valence-electron chi connectivity index (χ1n) is 5.12. The van der Waals surface area contributed by atoms with Crippen molar-refractivity contribution < 1.29 is 5.11 Å². The van der Waals surface area contributed by atoms with Crippen molar-refractivity contribution in [3.05, 3.63) is 0 Å². The minimum absolute atomic E-state index is 0.241. The number of nitriles is 1. The quantitative estimate of drug-likeness (QED) is 0.674. The van der Waals surface area contributed by atoms with Gasteiger partial charge in [-0.3, -0.25) is 0 Å². The van der Waals surface area contributed by atoms with Crippen molar-refractivity contribution >= 4 is 0 Å². The van der Waals surface area contributed by atoms with Crippen LogP contribution in [0.25, 0.3) is 0 Å². The van der Waals surface area contributed by atoms with Crippen LogP contribution >= 0.6 is 0 Å². The fourth-order valence-electron chi connectivity index (χ4n) is 2.40. The maximum Gasteiger partial charge on any atom is 0.0828 e. The van der Waals surface area contributed by atoms with E-state index in [1.165, 1.54) is 0 Å². The summed E-state index contributed by atoms with van der Waals surface area (Å²) in [6.45, 7) is 6.10. The summed E-state index contributed by atoms with van der Waals surface area (Å²) < 4.78 is 0. The van der Waals surface area contributed by atoms with Crippen LogP contribution in [0.3, 0.4) is 0 Å². The van der Waals surface area contributed by atoms with E-state index in [4.69, 9.17) is 5.26 Å². The molecule has 0 aromatic heterocycles. The summed E-state index contributed by atoms with van der Waals surface area (Å²) in [7, 11) is 0. The largest absolute Gasteiger partial charge is 0.388 e. The Hall–Kier alpha value is -0.550. The summed E-state index contributed by atoms with van der Waals surface area (Å²) in [5.41, 5.74) is -0.735. The lowest BCUT2D eigenvalue weighted by atomic mass is 9.67. The van der Waals surface area contributed by atoms with Crippen LogP contribution in [0.4, 0.5) is 0 Å². The van der Waals surface area contributed by atoms with Gasteiger partial charge in [0.25, 0.3) is 0 Å². The molecule has 74 valence electrons. The van der Waals surface area contributed by atoms with Crippen LogP contribution in [0.1, 0.15) is 40.0 Å². The third-order valence-corrected chi connectivity index (χ3v) is 3.59. The molecule has 0 aromatic carbocycles. The summed E-state index contributed by atoms with van der Waals surface area (Å²) in [4.78, 5) is 0. The maximum atomic E-state index is 10.3. The maximum absolute atomic E-state index is 10.3. The molecule has 0 amide bonds. The van der Waals surface area contributed by atoms with E-state index in [1.807, 2.05) is 6.92 Å². The number of hydrogen-bond acceptors (Lipinski definition) is 2. The second-order valence-electron chi connectivity index (χ2n) is 4.62. The molecular weight excluding hydrogens is 162 g/mol. The highest BCUT2D eigenvalue weighted by molar-refractivity contribution is 5.01. The fraction of sp³-hybridized carbons (Fsp3) is 0.909. The van der Waals surface area contributed by atoms with Crippen molar-refractivity contribution in [2.45, 2.75) is 45.6 Å². The zero-order valence-corrected chi connectivity index (χ0v) is 8.75. The van der Waals surface area contributed by atoms with Gasteiger partial charge in [0.2, 0.25) is 0 Å². The van der Waals surface area contributed by atoms with Crippen molar-refractivity contribution in [1.29, 1.82) is 5.26 Å². The Morgan fingerprint density at radius 2 is 2.15 bits per heavy atom. The highest BCUT2D eigenvalue weighted by Gasteiger charge is 2.42. The highest BCUT2D eigenvalue weighted by Crippen LogP contribution is 2.40. The Balaban J connectivity index is 2.74. The molecule has 1 aliphatic rings. The van der Waals surface area contributed by atoms with Crippen LogP contribution in [-0.4, -0.2) is 10.7 Å². The van der Waals surface area contributed by atoms with E-state index in [0.29, 0.717) is 5.92 Å². The normalized spacial score (nSPS) is 42.4. The molecule has 4 atom stereocenters. The molecular formula is C11H19NO. The smallest absolute Gasteiger partial charge is 0.0828 e. The lowest BCUT2D eigenvalue weighted by Crippen LogP contribution is -2.46. The van der Waals surface area contributed by atoms with E-state index in [9.17, 15) is 5.11 Å². The van der Waals surface area contributed by atoms with Crippen LogP contribution < -0.4 is 0 Å². The van der Waals surface area contributed by atoms with Crippen molar-refractivity contribution in [2.24, 2.45) is 17.8 Å². The predicted molar refractivity (Wildman–Crippen MR) is 51.9 cm³/mol. The molecule has 13 heavy (non-hydrogen) atoms. The predicted octanol–water partition coefficient (Wildman–Crippen LogP) is 2.33. The first-order valence-corrected chi connectivity index (χ1v) is 5.12. The van der Waals surface area contributed by atoms with Gasteiger partial charge in [0, 0.05) is 0 Å². The van der Waals surface area contributed by atoms with Gasteiger partial charge in [-0.25, -0.2) is 0 Å². The molecule has 0 heterocycles. The number of hydrogen-bond donors (Lipinski definition) is 1. The number of aliphatic hydroxyl groups is 1. The fourth-order valence-corrected chi connectivity index (χ4v) is 2.40. The molecule has 1 N–H and O–H groups in total. The van der Waals surface area contributed by atoms with Gasteiger partial charge >= 0.3 is 0 Å². The topological polar surface area (TPSA) is 44.0 Å². The van der Waals surface area contributed by atoms with Gasteiger partial charge in [-0.2, -0.15) is 5.26 Å². The molecule has 0 radical (unpaired) electrons. The van der Waals surface area contributed by atoms with Crippen molar-refractivity contribution in [3.63, 3.8) is 0 Å². The van der Waals surface area contributed by atoms with Gasteiger partial charge in [-0.05, 0) is 38.0 Å². The number of nitrogens with zero attached hydrogens (tertiary/aromatic N) is 1. The van der Waals surface area contributed by atoms with Crippen LogP contribution in [-0.2, 0) is 0 Å². The monoisotopic (exact) mass is 181 g/mol. The van der Waals surface area contributed by atoms with Gasteiger partial charge in [0.05, 0.1) is 17.6 Å². The van der Waals surface area contributed by atoms with E-state index >= 15 is 0 Å². The van der Waals surface area contributed by atoms with E-state index in [1.54, 1.807) is 0 Å². The van der Waals surface area contributed by atoms with Gasteiger partial charge in [-0.1, -0.05) is 13.8 Å².